The molecular formula is C14H16N4O4. The van der Waals surface area contributed by atoms with Crippen molar-refractivity contribution in [3.63, 3.8) is 0 Å². The van der Waals surface area contributed by atoms with Crippen LogP contribution in [0.1, 0.15) is 12.7 Å². The van der Waals surface area contributed by atoms with Crippen molar-refractivity contribution in [2.24, 2.45) is 0 Å². The molecular weight excluding hydrogens is 288 g/mol. The molecule has 1 aromatic heterocycles. The van der Waals surface area contributed by atoms with Crippen LogP contribution in [-0.2, 0) is 16.1 Å². The predicted octanol–water partition coefficient (Wildman–Crippen LogP) is 0.482. The van der Waals surface area contributed by atoms with Crippen molar-refractivity contribution in [3.8, 4) is 0 Å². The molecule has 8 heteroatoms. The van der Waals surface area contributed by atoms with Gasteiger partial charge in [0, 0.05) is 0 Å². The van der Waals surface area contributed by atoms with E-state index in [9.17, 15) is 14.4 Å². The van der Waals surface area contributed by atoms with Gasteiger partial charge in [-0.1, -0.05) is 12.1 Å². The number of hydrogen-bond donors (Lipinski definition) is 2. The standard InChI is InChI=1S/C14H16N4O4/c1-3-22-14(21)17-16-12(19)8-18-9(2)15-11-7-5-4-6-10(11)13(18)20/h4-7H,3,8H2,1-2H3,(H,16,19)(H,17,21). The molecule has 2 amide bonds. The van der Waals surface area contributed by atoms with E-state index in [0.29, 0.717) is 16.7 Å². The minimum absolute atomic E-state index is 0.189. The molecule has 0 aliphatic heterocycles. The number of benzene rings is 1. The lowest BCUT2D eigenvalue weighted by Crippen LogP contribution is -2.44. The summed E-state index contributed by atoms with van der Waals surface area (Å²) in [7, 11) is 0. The fraction of sp³-hybridized carbons (Fsp3) is 0.286. The van der Waals surface area contributed by atoms with Crippen molar-refractivity contribution < 1.29 is 14.3 Å². The molecule has 0 radical (unpaired) electrons. The number of para-hydroxylation sites is 1. The maximum absolute atomic E-state index is 12.4. The number of hydrazine groups is 1. The molecule has 0 aliphatic carbocycles. The van der Waals surface area contributed by atoms with E-state index >= 15 is 0 Å². The van der Waals surface area contributed by atoms with Crippen LogP contribution in [0, 0.1) is 6.92 Å². The third-order valence-corrected chi connectivity index (χ3v) is 2.93. The first-order chi connectivity index (χ1) is 10.5. The Kier molecular flexibility index (Phi) is 4.72. The lowest BCUT2D eigenvalue weighted by Gasteiger charge is -2.11. The van der Waals surface area contributed by atoms with Gasteiger partial charge in [-0.3, -0.25) is 19.6 Å². The van der Waals surface area contributed by atoms with E-state index in [-0.39, 0.29) is 18.7 Å². The smallest absolute Gasteiger partial charge is 0.426 e. The second-order valence-corrected chi connectivity index (χ2v) is 4.46. The van der Waals surface area contributed by atoms with E-state index in [4.69, 9.17) is 0 Å². The van der Waals surface area contributed by atoms with E-state index in [1.54, 1.807) is 38.1 Å². The molecule has 0 saturated carbocycles. The maximum atomic E-state index is 12.4. The zero-order valence-electron chi connectivity index (χ0n) is 12.3. The molecule has 8 nitrogen and oxygen atoms in total. The van der Waals surface area contributed by atoms with E-state index in [2.05, 4.69) is 20.6 Å². The Bertz CT molecular complexity index is 769. The van der Waals surface area contributed by atoms with Gasteiger partial charge in [0.25, 0.3) is 11.5 Å². The molecule has 0 unspecified atom stereocenters. The lowest BCUT2D eigenvalue weighted by atomic mass is 10.2. The SMILES string of the molecule is CCOC(=O)NNC(=O)Cn1c(C)nc2ccccc2c1=O. The van der Waals surface area contributed by atoms with Gasteiger partial charge in [0.2, 0.25) is 0 Å². The molecule has 0 saturated heterocycles. The Morgan fingerprint density at radius 2 is 2.00 bits per heavy atom. The van der Waals surface area contributed by atoms with Gasteiger partial charge in [0.15, 0.2) is 0 Å². The third kappa shape index (κ3) is 3.40. The molecule has 0 aliphatic rings. The fourth-order valence-corrected chi connectivity index (χ4v) is 1.94. The van der Waals surface area contributed by atoms with Crippen LogP contribution in [0.3, 0.4) is 0 Å². The van der Waals surface area contributed by atoms with E-state index < -0.39 is 12.0 Å². The van der Waals surface area contributed by atoms with Crippen LogP contribution < -0.4 is 16.4 Å². The summed E-state index contributed by atoms with van der Waals surface area (Å²) >= 11 is 0. The topological polar surface area (TPSA) is 102 Å². The summed E-state index contributed by atoms with van der Waals surface area (Å²) in [6.07, 6.45) is -0.767. The minimum Gasteiger partial charge on any atom is -0.449 e. The molecule has 0 fully saturated rings. The van der Waals surface area contributed by atoms with Crippen molar-refractivity contribution in [3.05, 3.63) is 40.4 Å². The monoisotopic (exact) mass is 304 g/mol. The molecule has 116 valence electrons. The second kappa shape index (κ2) is 6.70. The van der Waals surface area contributed by atoms with Crippen LogP contribution in [0.4, 0.5) is 4.79 Å². The molecule has 2 N–H and O–H groups in total. The highest BCUT2D eigenvalue weighted by Gasteiger charge is 2.12. The first-order valence-corrected chi connectivity index (χ1v) is 6.70. The van der Waals surface area contributed by atoms with Crippen molar-refractivity contribution in [2.75, 3.05) is 6.61 Å². The summed E-state index contributed by atoms with van der Waals surface area (Å²) in [5.41, 5.74) is 4.51. The molecule has 1 heterocycles. The summed E-state index contributed by atoms with van der Waals surface area (Å²) in [6, 6.07) is 6.90. The summed E-state index contributed by atoms with van der Waals surface area (Å²) in [5.74, 6) is -0.148. The second-order valence-electron chi connectivity index (χ2n) is 4.46. The quantitative estimate of drug-likeness (QED) is 0.803. The highest BCUT2D eigenvalue weighted by atomic mass is 16.5. The van der Waals surface area contributed by atoms with Gasteiger partial charge < -0.3 is 4.74 Å². The predicted molar refractivity (Wildman–Crippen MR) is 79.0 cm³/mol. The first kappa shape index (κ1) is 15.5. The van der Waals surface area contributed by atoms with Gasteiger partial charge in [-0.25, -0.2) is 15.2 Å². The van der Waals surface area contributed by atoms with Crippen LogP contribution in [0.5, 0.6) is 0 Å². The number of amides is 2. The first-order valence-electron chi connectivity index (χ1n) is 6.70. The zero-order chi connectivity index (χ0) is 16.1. The third-order valence-electron chi connectivity index (χ3n) is 2.93. The Morgan fingerprint density at radius 3 is 2.73 bits per heavy atom. The molecule has 1 aromatic carbocycles. The molecule has 2 rings (SSSR count). The summed E-state index contributed by atoms with van der Waals surface area (Å²) in [5, 5.41) is 0.430. The van der Waals surface area contributed by atoms with Crippen LogP contribution in [0.15, 0.2) is 29.1 Å². The number of carbonyl (C=O) groups excluding carboxylic acids is 2. The molecule has 22 heavy (non-hydrogen) atoms. The van der Waals surface area contributed by atoms with Crippen LogP contribution >= 0.6 is 0 Å². The highest BCUT2D eigenvalue weighted by molar-refractivity contribution is 5.80. The number of aryl methyl sites for hydroxylation is 1. The van der Waals surface area contributed by atoms with Gasteiger partial charge in [0.05, 0.1) is 17.5 Å². The number of rotatable bonds is 3. The number of nitrogens with zero attached hydrogens (tertiary/aromatic N) is 2. The Morgan fingerprint density at radius 1 is 1.27 bits per heavy atom. The number of aromatic nitrogens is 2. The summed E-state index contributed by atoms with van der Waals surface area (Å²) < 4.78 is 5.84. The number of hydrogen-bond acceptors (Lipinski definition) is 5. The summed E-state index contributed by atoms with van der Waals surface area (Å²) in [4.78, 5) is 39.5. The van der Waals surface area contributed by atoms with E-state index in [1.807, 2.05) is 0 Å². The Labute approximate surface area is 126 Å². The summed E-state index contributed by atoms with van der Waals surface area (Å²) in [6.45, 7) is 3.22. The molecule has 0 spiro atoms. The fourth-order valence-electron chi connectivity index (χ4n) is 1.94. The number of ether oxygens (including phenoxy) is 1. The molecule has 2 aromatic rings. The Hall–Kier alpha value is -2.90. The van der Waals surface area contributed by atoms with Gasteiger partial charge in [-0.2, -0.15) is 0 Å². The van der Waals surface area contributed by atoms with Crippen LogP contribution in [0.2, 0.25) is 0 Å². The molecule has 0 bridgehead atoms. The van der Waals surface area contributed by atoms with Gasteiger partial charge in [-0.15, -0.1) is 0 Å². The van der Waals surface area contributed by atoms with Crippen LogP contribution in [-0.4, -0.2) is 28.2 Å². The van der Waals surface area contributed by atoms with E-state index in [0.717, 1.165) is 0 Å². The van der Waals surface area contributed by atoms with Gasteiger partial charge in [0.1, 0.15) is 12.4 Å². The van der Waals surface area contributed by atoms with Crippen molar-refractivity contribution >= 4 is 22.9 Å². The molecule has 0 atom stereocenters. The number of nitrogens with one attached hydrogen (secondary N) is 2. The average Bonchev–Trinajstić information content (AvgIpc) is 2.50. The average molecular weight is 304 g/mol. The van der Waals surface area contributed by atoms with E-state index in [1.165, 1.54) is 4.57 Å². The van der Waals surface area contributed by atoms with Crippen molar-refractivity contribution in [2.45, 2.75) is 20.4 Å². The zero-order valence-corrected chi connectivity index (χ0v) is 12.3. The van der Waals surface area contributed by atoms with Crippen molar-refractivity contribution in [1.82, 2.24) is 20.4 Å². The Balaban J connectivity index is 2.16. The lowest BCUT2D eigenvalue weighted by molar-refractivity contribution is -0.122. The normalized spacial score (nSPS) is 10.3. The number of fused-ring (bicyclic) bond motifs is 1. The van der Waals surface area contributed by atoms with Crippen molar-refractivity contribution in [1.29, 1.82) is 0 Å². The van der Waals surface area contributed by atoms with Gasteiger partial charge >= 0.3 is 6.09 Å². The van der Waals surface area contributed by atoms with Gasteiger partial charge in [-0.05, 0) is 26.0 Å². The number of carbonyl (C=O) groups is 2. The maximum Gasteiger partial charge on any atom is 0.426 e. The largest absolute Gasteiger partial charge is 0.449 e. The minimum atomic E-state index is -0.767. The van der Waals surface area contributed by atoms with Crippen LogP contribution in [0.25, 0.3) is 10.9 Å². The highest BCUT2D eigenvalue weighted by Crippen LogP contribution is 2.07.